The first kappa shape index (κ1) is 24.8. The molecule has 4 rings (SSSR count). The molecule has 2 aromatic rings. The number of ether oxygens (including phenoxy) is 2. The Hall–Kier alpha value is -3.29. The molecule has 2 aliphatic heterocycles. The molecule has 0 N–H and O–H groups in total. The highest BCUT2D eigenvalue weighted by Gasteiger charge is 2.30. The van der Waals surface area contributed by atoms with Crippen molar-refractivity contribution < 1.29 is 19.1 Å². The van der Waals surface area contributed by atoms with Crippen molar-refractivity contribution in [3.05, 3.63) is 59.8 Å². The monoisotopic (exact) mass is 480 g/mol. The minimum absolute atomic E-state index is 0.0300. The predicted octanol–water partition coefficient (Wildman–Crippen LogP) is 5.00. The molecular weight excluding hydrogens is 444 g/mol. The second kappa shape index (κ2) is 11.0. The molecule has 2 amide bonds. The predicted molar refractivity (Wildman–Crippen MR) is 134 cm³/mol. The van der Waals surface area contributed by atoms with Gasteiger partial charge in [0.15, 0.2) is 0 Å². The summed E-state index contributed by atoms with van der Waals surface area (Å²) in [5.74, 6) is 0.881. The van der Waals surface area contributed by atoms with Gasteiger partial charge >= 0.3 is 12.2 Å². The van der Waals surface area contributed by atoms with E-state index in [9.17, 15) is 9.59 Å². The van der Waals surface area contributed by atoms with Gasteiger partial charge in [-0.1, -0.05) is 36.4 Å². The van der Waals surface area contributed by atoms with Crippen molar-refractivity contribution in [1.29, 1.82) is 0 Å². The summed E-state index contributed by atoms with van der Waals surface area (Å²) in [5.41, 5.74) is 1.51. The number of rotatable bonds is 4. The van der Waals surface area contributed by atoms with E-state index in [1.165, 1.54) is 0 Å². The van der Waals surface area contributed by atoms with Crippen molar-refractivity contribution in [3.63, 3.8) is 0 Å². The van der Waals surface area contributed by atoms with Crippen LogP contribution in [0.25, 0.3) is 0 Å². The van der Waals surface area contributed by atoms with Gasteiger partial charge in [-0.15, -0.1) is 0 Å². The molecule has 2 aliphatic rings. The Morgan fingerprint density at radius 1 is 0.943 bits per heavy atom. The standard InChI is InChI=1S/C27H36N4O4/c1-27(2,3)35-25(32)30-17-15-29(16-18-30)24-13-12-22(19-28-24)23-11-7-8-14-31(23)26(33)34-20-21-9-5-4-6-10-21/h4-6,9-10,12-13,19,23H,7-8,11,14-18,20H2,1-3H3/t23-/m0/s1. The lowest BCUT2D eigenvalue weighted by atomic mass is 9.97. The number of piperidine rings is 1. The molecule has 0 unspecified atom stereocenters. The molecule has 188 valence electrons. The smallest absolute Gasteiger partial charge is 0.410 e. The van der Waals surface area contributed by atoms with Crippen LogP contribution in [-0.2, 0) is 16.1 Å². The number of nitrogens with zero attached hydrogens (tertiary/aromatic N) is 4. The third-order valence-electron chi connectivity index (χ3n) is 6.35. The van der Waals surface area contributed by atoms with Crippen LogP contribution in [0.5, 0.6) is 0 Å². The number of likely N-dealkylation sites (tertiary alicyclic amines) is 1. The van der Waals surface area contributed by atoms with Gasteiger partial charge in [0.05, 0.1) is 6.04 Å². The lowest BCUT2D eigenvalue weighted by molar-refractivity contribution is 0.0240. The lowest BCUT2D eigenvalue weighted by Crippen LogP contribution is -2.50. The van der Waals surface area contributed by atoms with E-state index in [0.29, 0.717) is 32.7 Å². The molecule has 1 aromatic carbocycles. The number of pyridine rings is 1. The molecule has 0 saturated carbocycles. The Morgan fingerprint density at radius 3 is 2.34 bits per heavy atom. The van der Waals surface area contributed by atoms with E-state index in [2.05, 4.69) is 11.0 Å². The third-order valence-corrected chi connectivity index (χ3v) is 6.35. The highest BCUT2D eigenvalue weighted by Crippen LogP contribution is 2.32. The molecule has 2 saturated heterocycles. The molecule has 3 heterocycles. The minimum atomic E-state index is -0.493. The Bertz CT molecular complexity index is 982. The van der Waals surface area contributed by atoms with Gasteiger partial charge in [0.1, 0.15) is 18.0 Å². The first-order chi connectivity index (χ1) is 16.8. The SMILES string of the molecule is CC(C)(C)OC(=O)N1CCN(c2ccc([C@@H]3CCCCN3C(=O)OCc3ccccc3)cn2)CC1. The van der Waals surface area contributed by atoms with Crippen LogP contribution in [0.1, 0.15) is 57.2 Å². The molecule has 8 nitrogen and oxygen atoms in total. The fourth-order valence-electron chi connectivity index (χ4n) is 4.53. The Kier molecular flexibility index (Phi) is 7.78. The Balaban J connectivity index is 1.34. The van der Waals surface area contributed by atoms with Crippen LogP contribution in [0.2, 0.25) is 0 Å². The molecule has 0 aliphatic carbocycles. The largest absolute Gasteiger partial charge is 0.445 e. The number of hydrogen-bond acceptors (Lipinski definition) is 6. The van der Waals surface area contributed by atoms with E-state index < -0.39 is 5.60 Å². The van der Waals surface area contributed by atoms with Crippen molar-refractivity contribution >= 4 is 18.0 Å². The van der Waals surface area contributed by atoms with Crippen molar-refractivity contribution in [1.82, 2.24) is 14.8 Å². The van der Waals surface area contributed by atoms with Crippen LogP contribution in [0, 0.1) is 0 Å². The molecule has 1 atom stereocenters. The van der Waals surface area contributed by atoms with Crippen molar-refractivity contribution in [3.8, 4) is 0 Å². The van der Waals surface area contributed by atoms with E-state index in [-0.39, 0.29) is 24.8 Å². The second-order valence-electron chi connectivity index (χ2n) is 10.1. The second-order valence-corrected chi connectivity index (χ2v) is 10.1. The van der Waals surface area contributed by atoms with Gasteiger partial charge in [0.2, 0.25) is 0 Å². The van der Waals surface area contributed by atoms with Gasteiger partial charge in [-0.3, -0.25) is 0 Å². The first-order valence-electron chi connectivity index (χ1n) is 12.5. The van der Waals surface area contributed by atoms with Gasteiger partial charge in [0.25, 0.3) is 0 Å². The van der Waals surface area contributed by atoms with Crippen molar-refractivity contribution in [2.24, 2.45) is 0 Å². The van der Waals surface area contributed by atoms with Gasteiger partial charge in [-0.05, 0) is 57.2 Å². The van der Waals surface area contributed by atoms with Crippen LogP contribution < -0.4 is 4.90 Å². The number of carbonyl (C=O) groups excluding carboxylic acids is 2. The maximum Gasteiger partial charge on any atom is 0.410 e. The highest BCUT2D eigenvalue weighted by molar-refractivity contribution is 5.69. The number of benzene rings is 1. The summed E-state index contributed by atoms with van der Waals surface area (Å²) in [7, 11) is 0. The van der Waals surface area contributed by atoms with Crippen LogP contribution >= 0.6 is 0 Å². The average molecular weight is 481 g/mol. The van der Waals surface area contributed by atoms with E-state index in [4.69, 9.17) is 14.5 Å². The molecule has 35 heavy (non-hydrogen) atoms. The third kappa shape index (κ3) is 6.65. The fraction of sp³-hybridized carbons (Fsp3) is 0.519. The summed E-state index contributed by atoms with van der Waals surface area (Å²) in [6, 6.07) is 13.8. The number of anilines is 1. The summed E-state index contributed by atoms with van der Waals surface area (Å²) in [4.78, 5) is 35.7. The molecule has 0 spiro atoms. The Morgan fingerprint density at radius 2 is 1.69 bits per heavy atom. The molecule has 1 aromatic heterocycles. The average Bonchev–Trinajstić information content (AvgIpc) is 2.87. The zero-order valence-electron chi connectivity index (χ0n) is 21.0. The van der Waals surface area contributed by atoms with Crippen LogP contribution in [0.15, 0.2) is 48.7 Å². The topological polar surface area (TPSA) is 75.2 Å². The zero-order valence-corrected chi connectivity index (χ0v) is 21.0. The van der Waals surface area contributed by atoms with Gasteiger partial charge in [-0.2, -0.15) is 0 Å². The maximum atomic E-state index is 12.9. The van der Waals surface area contributed by atoms with Crippen molar-refractivity contribution in [2.45, 2.75) is 58.3 Å². The molecule has 8 heteroatoms. The van der Waals surface area contributed by atoms with Gasteiger partial charge in [-0.25, -0.2) is 14.6 Å². The lowest BCUT2D eigenvalue weighted by Gasteiger charge is -2.37. The fourth-order valence-corrected chi connectivity index (χ4v) is 4.53. The van der Waals surface area contributed by atoms with Gasteiger partial charge < -0.3 is 24.2 Å². The Labute approximate surface area is 207 Å². The quantitative estimate of drug-likeness (QED) is 0.613. The van der Waals surface area contributed by atoms with E-state index >= 15 is 0 Å². The molecule has 0 radical (unpaired) electrons. The number of carbonyl (C=O) groups is 2. The summed E-state index contributed by atoms with van der Waals surface area (Å²) >= 11 is 0. The van der Waals surface area contributed by atoms with E-state index in [0.717, 1.165) is 36.2 Å². The van der Waals surface area contributed by atoms with Crippen LogP contribution in [-0.4, -0.2) is 65.3 Å². The van der Waals surface area contributed by atoms with Crippen molar-refractivity contribution in [2.75, 3.05) is 37.6 Å². The highest BCUT2D eigenvalue weighted by atomic mass is 16.6. The summed E-state index contributed by atoms with van der Waals surface area (Å²) < 4.78 is 11.1. The van der Waals surface area contributed by atoms with E-state index in [1.54, 1.807) is 4.90 Å². The van der Waals surface area contributed by atoms with E-state index in [1.807, 2.05) is 68.3 Å². The summed E-state index contributed by atoms with van der Waals surface area (Å²) in [6.45, 7) is 9.20. The molecule has 0 bridgehead atoms. The van der Waals surface area contributed by atoms with Crippen LogP contribution in [0.4, 0.5) is 15.4 Å². The number of hydrogen-bond donors (Lipinski definition) is 0. The minimum Gasteiger partial charge on any atom is -0.445 e. The summed E-state index contributed by atoms with van der Waals surface area (Å²) in [6.07, 6.45) is 4.28. The first-order valence-corrected chi connectivity index (χ1v) is 12.5. The van der Waals surface area contributed by atoms with Crippen LogP contribution in [0.3, 0.4) is 0 Å². The number of piperazine rings is 1. The number of aromatic nitrogens is 1. The molecule has 2 fully saturated rings. The number of amides is 2. The maximum absolute atomic E-state index is 12.9. The van der Waals surface area contributed by atoms with Gasteiger partial charge in [0, 0.05) is 38.9 Å². The normalized spacial score (nSPS) is 18.8. The summed E-state index contributed by atoms with van der Waals surface area (Å²) in [5, 5.41) is 0. The zero-order chi connectivity index (χ0) is 24.8. The molecular formula is C27H36N4O4.